The highest BCUT2D eigenvalue weighted by Crippen LogP contribution is 2.23. The van der Waals surface area contributed by atoms with Crippen molar-refractivity contribution in [3.05, 3.63) is 59.5 Å². The second-order valence-electron chi connectivity index (χ2n) is 6.35. The zero-order chi connectivity index (χ0) is 19.3. The first-order valence-electron chi connectivity index (χ1n) is 8.78. The van der Waals surface area contributed by atoms with Crippen LogP contribution in [0, 0.1) is 5.92 Å². The van der Waals surface area contributed by atoms with Gasteiger partial charge < -0.3 is 19.4 Å². The van der Waals surface area contributed by atoms with E-state index in [1.165, 1.54) is 11.3 Å². The maximum absolute atomic E-state index is 12.5. The highest BCUT2D eigenvalue weighted by atomic mass is 32.1. The number of para-hydroxylation sites is 1. The molecule has 1 aliphatic heterocycles. The number of hydrogen-bond acceptors (Lipinski definition) is 7. The lowest BCUT2D eigenvalue weighted by molar-refractivity contribution is -0.128. The molecule has 1 saturated heterocycles. The molecule has 1 aliphatic rings. The Balaban J connectivity index is 1.29. The van der Waals surface area contributed by atoms with Crippen LogP contribution in [0.5, 0.6) is 5.75 Å². The molecule has 1 N–H and O–H groups in total. The Bertz CT molecular complexity index is 942. The standard InChI is InChI=1S/C19H18N4O4S/c24-17-9-13(10-23(17)11-15-7-4-8-26-15)18(25)20-19-22-21-16(28-19)12-27-14-5-2-1-3-6-14/h1-8,13H,9-12H2,(H,20,22,25). The van der Waals surface area contributed by atoms with E-state index >= 15 is 0 Å². The van der Waals surface area contributed by atoms with Gasteiger partial charge in [-0.05, 0) is 24.3 Å². The molecule has 2 aromatic heterocycles. The van der Waals surface area contributed by atoms with Crippen LogP contribution in [0.2, 0.25) is 0 Å². The second kappa shape index (κ2) is 8.22. The molecule has 3 heterocycles. The molecular weight excluding hydrogens is 380 g/mol. The number of furan rings is 1. The summed E-state index contributed by atoms with van der Waals surface area (Å²) in [5, 5.41) is 11.8. The van der Waals surface area contributed by atoms with Gasteiger partial charge in [0.15, 0.2) is 5.01 Å². The molecule has 1 fully saturated rings. The lowest BCUT2D eigenvalue weighted by Crippen LogP contribution is -2.27. The second-order valence-corrected chi connectivity index (χ2v) is 7.41. The lowest BCUT2D eigenvalue weighted by Gasteiger charge is -2.14. The Labute approximate surface area is 165 Å². The molecule has 8 nitrogen and oxygen atoms in total. The summed E-state index contributed by atoms with van der Waals surface area (Å²) in [6, 6.07) is 13.0. The Morgan fingerprint density at radius 1 is 1.25 bits per heavy atom. The average Bonchev–Trinajstić information content (AvgIpc) is 3.44. The van der Waals surface area contributed by atoms with Gasteiger partial charge in [-0.15, -0.1) is 10.2 Å². The fourth-order valence-electron chi connectivity index (χ4n) is 2.92. The minimum absolute atomic E-state index is 0.0641. The highest BCUT2D eigenvalue weighted by molar-refractivity contribution is 7.15. The van der Waals surface area contributed by atoms with E-state index in [0.717, 1.165) is 5.75 Å². The van der Waals surface area contributed by atoms with Crippen LogP contribution in [0.25, 0.3) is 0 Å². The number of rotatable bonds is 7. The Hall–Kier alpha value is -3.20. The molecule has 1 atom stereocenters. The zero-order valence-electron chi connectivity index (χ0n) is 14.9. The molecule has 2 amide bonds. The van der Waals surface area contributed by atoms with Gasteiger partial charge in [-0.2, -0.15) is 0 Å². The van der Waals surface area contributed by atoms with Gasteiger partial charge >= 0.3 is 0 Å². The molecule has 0 saturated carbocycles. The van der Waals surface area contributed by atoms with E-state index in [9.17, 15) is 9.59 Å². The number of aromatic nitrogens is 2. The summed E-state index contributed by atoms with van der Waals surface area (Å²) in [6.45, 7) is 1.000. The number of likely N-dealkylation sites (tertiary alicyclic amines) is 1. The predicted molar refractivity (Wildman–Crippen MR) is 102 cm³/mol. The molecule has 28 heavy (non-hydrogen) atoms. The summed E-state index contributed by atoms with van der Waals surface area (Å²) in [7, 11) is 0. The van der Waals surface area contributed by atoms with E-state index in [0.29, 0.717) is 29.0 Å². The Kier molecular flexibility index (Phi) is 5.34. The van der Waals surface area contributed by atoms with Crippen LogP contribution in [0.1, 0.15) is 17.2 Å². The molecule has 0 radical (unpaired) electrons. The van der Waals surface area contributed by atoms with Gasteiger partial charge in [0.1, 0.15) is 18.1 Å². The van der Waals surface area contributed by atoms with Crippen molar-refractivity contribution in [1.82, 2.24) is 15.1 Å². The van der Waals surface area contributed by atoms with Gasteiger partial charge in [0.2, 0.25) is 16.9 Å². The van der Waals surface area contributed by atoms with Gasteiger partial charge in [0.05, 0.1) is 18.7 Å². The minimum atomic E-state index is -0.421. The lowest BCUT2D eigenvalue weighted by atomic mass is 10.1. The summed E-state index contributed by atoms with van der Waals surface area (Å²) < 4.78 is 10.9. The summed E-state index contributed by atoms with van der Waals surface area (Å²) in [6.07, 6.45) is 1.74. The number of hydrogen-bond donors (Lipinski definition) is 1. The molecule has 3 aromatic rings. The van der Waals surface area contributed by atoms with E-state index in [2.05, 4.69) is 15.5 Å². The SMILES string of the molecule is O=C(Nc1nnc(COc2ccccc2)s1)C1CC(=O)N(Cc2ccco2)C1. The van der Waals surface area contributed by atoms with Gasteiger partial charge in [-0.1, -0.05) is 29.5 Å². The smallest absolute Gasteiger partial charge is 0.231 e. The fraction of sp³-hybridized carbons (Fsp3) is 0.263. The van der Waals surface area contributed by atoms with E-state index in [-0.39, 0.29) is 24.8 Å². The summed E-state index contributed by atoms with van der Waals surface area (Å²) in [4.78, 5) is 26.3. The number of benzene rings is 1. The van der Waals surface area contributed by atoms with Gasteiger partial charge in [-0.25, -0.2) is 0 Å². The van der Waals surface area contributed by atoms with Crippen LogP contribution in [0.4, 0.5) is 5.13 Å². The third kappa shape index (κ3) is 4.37. The van der Waals surface area contributed by atoms with Crippen molar-refractivity contribution in [2.75, 3.05) is 11.9 Å². The van der Waals surface area contributed by atoms with Crippen molar-refractivity contribution in [1.29, 1.82) is 0 Å². The topological polar surface area (TPSA) is 97.6 Å². The predicted octanol–water partition coefficient (Wildman–Crippen LogP) is 2.70. The van der Waals surface area contributed by atoms with Crippen molar-refractivity contribution in [3.8, 4) is 5.75 Å². The van der Waals surface area contributed by atoms with Crippen molar-refractivity contribution in [2.45, 2.75) is 19.6 Å². The van der Waals surface area contributed by atoms with E-state index in [1.807, 2.05) is 30.3 Å². The molecule has 1 aromatic carbocycles. The normalized spacial score (nSPS) is 16.4. The van der Waals surface area contributed by atoms with Crippen LogP contribution < -0.4 is 10.1 Å². The third-order valence-corrected chi connectivity index (χ3v) is 5.13. The largest absolute Gasteiger partial charge is 0.486 e. The number of carbonyl (C=O) groups excluding carboxylic acids is 2. The van der Waals surface area contributed by atoms with Crippen molar-refractivity contribution < 1.29 is 18.7 Å². The molecule has 144 valence electrons. The van der Waals surface area contributed by atoms with Crippen molar-refractivity contribution >= 4 is 28.3 Å². The first-order valence-corrected chi connectivity index (χ1v) is 9.60. The number of anilines is 1. The fourth-order valence-corrected chi connectivity index (χ4v) is 3.58. The molecule has 0 aliphatic carbocycles. The molecular formula is C19H18N4O4S. The first-order chi connectivity index (χ1) is 13.7. The molecule has 0 bridgehead atoms. The molecule has 1 unspecified atom stereocenters. The summed E-state index contributed by atoms with van der Waals surface area (Å²) >= 11 is 1.25. The van der Waals surface area contributed by atoms with E-state index in [1.54, 1.807) is 23.3 Å². The summed E-state index contributed by atoms with van der Waals surface area (Å²) in [5.74, 6) is 0.717. The van der Waals surface area contributed by atoms with Crippen LogP contribution in [-0.4, -0.2) is 33.5 Å². The molecule has 4 rings (SSSR count). The van der Waals surface area contributed by atoms with Gasteiger partial charge in [0, 0.05) is 13.0 Å². The third-order valence-electron chi connectivity index (χ3n) is 4.31. The average molecular weight is 398 g/mol. The Morgan fingerprint density at radius 2 is 2.11 bits per heavy atom. The van der Waals surface area contributed by atoms with Gasteiger partial charge in [-0.3, -0.25) is 9.59 Å². The van der Waals surface area contributed by atoms with Crippen LogP contribution in [0.15, 0.2) is 53.1 Å². The molecule has 9 heteroatoms. The Morgan fingerprint density at radius 3 is 2.89 bits per heavy atom. The molecule has 0 spiro atoms. The monoisotopic (exact) mass is 398 g/mol. The summed E-state index contributed by atoms with van der Waals surface area (Å²) in [5.41, 5.74) is 0. The van der Waals surface area contributed by atoms with E-state index < -0.39 is 5.92 Å². The number of nitrogens with one attached hydrogen (secondary N) is 1. The van der Waals surface area contributed by atoms with Crippen LogP contribution in [0.3, 0.4) is 0 Å². The minimum Gasteiger partial charge on any atom is -0.486 e. The number of nitrogens with zero attached hydrogens (tertiary/aromatic N) is 3. The number of carbonyl (C=O) groups is 2. The van der Waals surface area contributed by atoms with Crippen LogP contribution in [-0.2, 0) is 22.7 Å². The quantitative estimate of drug-likeness (QED) is 0.657. The number of ether oxygens (including phenoxy) is 1. The highest BCUT2D eigenvalue weighted by Gasteiger charge is 2.35. The van der Waals surface area contributed by atoms with Crippen molar-refractivity contribution in [2.24, 2.45) is 5.92 Å². The van der Waals surface area contributed by atoms with Crippen LogP contribution >= 0.6 is 11.3 Å². The van der Waals surface area contributed by atoms with Gasteiger partial charge in [0.25, 0.3) is 0 Å². The maximum atomic E-state index is 12.5. The first kappa shape index (κ1) is 18.2. The van der Waals surface area contributed by atoms with Crippen molar-refractivity contribution in [3.63, 3.8) is 0 Å². The number of amides is 2. The zero-order valence-corrected chi connectivity index (χ0v) is 15.7. The van der Waals surface area contributed by atoms with E-state index in [4.69, 9.17) is 9.15 Å². The maximum Gasteiger partial charge on any atom is 0.231 e.